The average Bonchev–Trinajstić information content (AvgIpc) is 2.60. The molecule has 1 aliphatic heterocycles. The monoisotopic (exact) mass is 177 g/mol. The van der Waals surface area contributed by atoms with Crippen molar-refractivity contribution >= 4 is 0 Å². The Bertz CT molecular complexity index is 256. The third-order valence-electron chi connectivity index (χ3n) is 4.55. The second-order valence-electron chi connectivity index (χ2n) is 5.22. The molecular formula is C12H19N. The van der Waals surface area contributed by atoms with Crippen LogP contribution in [0, 0.1) is 11.3 Å². The molecule has 2 aliphatic carbocycles. The smallest absolute Gasteiger partial charge is 0.0295 e. The van der Waals surface area contributed by atoms with Crippen molar-refractivity contribution in [2.24, 2.45) is 11.3 Å². The molecule has 13 heavy (non-hydrogen) atoms. The van der Waals surface area contributed by atoms with Crippen LogP contribution in [0.4, 0.5) is 0 Å². The molecule has 0 bridgehead atoms. The van der Waals surface area contributed by atoms with E-state index in [1.807, 2.05) is 0 Å². The number of rotatable bonds is 0. The first kappa shape index (κ1) is 7.90. The van der Waals surface area contributed by atoms with Gasteiger partial charge in [0.25, 0.3) is 0 Å². The SMILES string of the molecule is CC12CCC=C1NC1CCCCC12. The van der Waals surface area contributed by atoms with Gasteiger partial charge in [0.05, 0.1) is 0 Å². The van der Waals surface area contributed by atoms with Crippen LogP contribution < -0.4 is 5.32 Å². The number of nitrogens with one attached hydrogen (secondary N) is 1. The summed E-state index contributed by atoms with van der Waals surface area (Å²) in [5, 5.41) is 3.76. The molecule has 3 rings (SSSR count). The molecule has 1 saturated heterocycles. The second-order valence-corrected chi connectivity index (χ2v) is 5.22. The van der Waals surface area contributed by atoms with E-state index in [4.69, 9.17) is 0 Å². The van der Waals surface area contributed by atoms with E-state index < -0.39 is 0 Å². The summed E-state index contributed by atoms with van der Waals surface area (Å²) in [7, 11) is 0. The molecular weight excluding hydrogens is 158 g/mol. The summed E-state index contributed by atoms with van der Waals surface area (Å²) >= 11 is 0. The first-order valence-electron chi connectivity index (χ1n) is 5.78. The Balaban J connectivity index is 1.95. The molecule has 0 aromatic carbocycles. The van der Waals surface area contributed by atoms with Crippen molar-refractivity contribution in [1.82, 2.24) is 5.32 Å². The first-order chi connectivity index (χ1) is 6.31. The molecule has 0 radical (unpaired) electrons. The molecule has 1 nitrogen and oxygen atoms in total. The van der Waals surface area contributed by atoms with Crippen LogP contribution in [0.3, 0.4) is 0 Å². The lowest BCUT2D eigenvalue weighted by molar-refractivity contribution is 0.194. The van der Waals surface area contributed by atoms with Gasteiger partial charge in [-0.2, -0.15) is 0 Å². The van der Waals surface area contributed by atoms with E-state index in [-0.39, 0.29) is 0 Å². The second kappa shape index (κ2) is 2.52. The average molecular weight is 177 g/mol. The highest BCUT2D eigenvalue weighted by atomic mass is 15.0. The minimum absolute atomic E-state index is 0.547. The Labute approximate surface area is 80.6 Å². The molecule has 0 aromatic heterocycles. The third-order valence-corrected chi connectivity index (χ3v) is 4.55. The summed E-state index contributed by atoms with van der Waals surface area (Å²) in [6.07, 6.45) is 10.9. The maximum atomic E-state index is 3.76. The van der Waals surface area contributed by atoms with Crippen molar-refractivity contribution < 1.29 is 0 Å². The van der Waals surface area contributed by atoms with E-state index in [1.54, 1.807) is 5.70 Å². The molecule has 3 atom stereocenters. The lowest BCUT2D eigenvalue weighted by atomic mass is 9.69. The van der Waals surface area contributed by atoms with Gasteiger partial charge in [0.2, 0.25) is 0 Å². The fourth-order valence-electron chi connectivity index (χ4n) is 3.76. The third kappa shape index (κ3) is 0.934. The van der Waals surface area contributed by atoms with Crippen molar-refractivity contribution in [3.8, 4) is 0 Å². The highest BCUT2D eigenvalue weighted by molar-refractivity contribution is 5.26. The van der Waals surface area contributed by atoms with Gasteiger partial charge < -0.3 is 5.32 Å². The number of hydrogen-bond acceptors (Lipinski definition) is 1. The molecule has 0 spiro atoms. The van der Waals surface area contributed by atoms with Crippen molar-refractivity contribution in [2.75, 3.05) is 0 Å². The molecule has 3 unspecified atom stereocenters. The van der Waals surface area contributed by atoms with E-state index in [9.17, 15) is 0 Å². The lowest BCUT2D eigenvalue weighted by Gasteiger charge is -2.33. The highest BCUT2D eigenvalue weighted by Gasteiger charge is 2.50. The predicted molar refractivity (Wildman–Crippen MR) is 54.3 cm³/mol. The molecule has 3 aliphatic rings. The largest absolute Gasteiger partial charge is 0.385 e. The fourth-order valence-corrected chi connectivity index (χ4v) is 3.76. The Hall–Kier alpha value is -0.460. The molecule has 72 valence electrons. The normalized spacial score (nSPS) is 47.9. The van der Waals surface area contributed by atoms with Crippen LogP contribution in [0.5, 0.6) is 0 Å². The van der Waals surface area contributed by atoms with Gasteiger partial charge in [-0.1, -0.05) is 25.8 Å². The first-order valence-corrected chi connectivity index (χ1v) is 5.78. The van der Waals surface area contributed by atoms with Crippen LogP contribution in [0.25, 0.3) is 0 Å². The van der Waals surface area contributed by atoms with Gasteiger partial charge in [-0.05, 0) is 31.6 Å². The van der Waals surface area contributed by atoms with Crippen LogP contribution in [-0.4, -0.2) is 6.04 Å². The maximum absolute atomic E-state index is 3.76. The van der Waals surface area contributed by atoms with Crippen molar-refractivity contribution in [3.05, 3.63) is 11.8 Å². The molecule has 1 N–H and O–H groups in total. The zero-order valence-electron chi connectivity index (χ0n) is 8.47. The lowest BCUT2D eigenvalue weighted by Crippen LogP contribution is -2.32. The van der Waals surface area contributed by atoms with Crippen LogP contribution in [-0.2, 0) is 0 Å². The summed E-state index contributed by atoms with van der Waals surface area (Å²) in [5.41, 5.74) is 2.13. The Kier molecular flexibility index (Phi) is 1.53. The summed E-state index contributed by atoms with van der Waals surface area (Å²) in [6.45, 7) is 2.48. The Morgan fingerprint density at radius 1 is 1.38 bits per heavy atom. The summed E-state index contributed by atoms with van der Waals surface area (Å²) < 4.78 is 0. The van der Waals surface area contributed by atoms with Gasteiger partial charge in [0, 0.05) is 17.2 Å². The van der Waals surface area contributed by atoms with Gasteiger partial charge in [0.15, 0.2) is 0 Å². The standard InChI is InChI=1S/C12H19N/c1-12-8-4-7-11(12)13-10-6-3-2-5-9(10)12/h7,9-10,13H,2-6,8H2,1H3. The minimum Gasteiger partial charge on any atom is -0.385 e. The van der Waals surface area contributed by atoms with Crippen molar-refractivity contribution in [2.45, 2.75) is 51.5 Å². The Morgan fingerprint density at radius 2 is 2.23 bits per heavy atom. The molecule has 1 saturated carbocycles. The molecule has 0 amide bonds. The van der Waals surface area contributed by atoms with Gasteiger partial charge in [-0.15, -0.1) is 0 Å². The summed E-state index contributed by atoms with van der Waals surface area (Å²) in [5.74, 6) is 0.954. The van der Waals surface area contributed by atoms with Crippen LogP contribution in [0.15, 0.2) is 11.8 Å². The van der Waals surface area contributed by atoms with Gasteiger partial charge in [-0.25, -0.2) is 0 Å². The van der Waals surface area contributed by atoms with Crippen LogP contribution in [0.1, 0.15) is 45.4 Å². The predicted octanol–water partition coefficient (Wildman–Crippen LogP) is 2.83. The highest BCUT2D eigenvalue weighted by Crippen LogP contribution is 2.53. The van der Waals surface area contributed by atoms with E-state index in [0.717, 1.165) is 12.0 Å². The zero-order valence-corrected chi connectivity index (χ0v) is 8.47. The van der Waals surface area contributed by atoms with E-state index in [0.29, 0.717) is 5.41 Å². The van der Waals surface area contributed by atoms with Gasteiger partial charge >= 0.3 is 0 Å². The topological polar surface area (TPSA) is 12.0 Å². The quantitative estimate of drug-likeness (QED) is 0.600. The molecule has 1 heteroatoms. The zero-order chi connectivity index (χ0) is 8.89. The van der Waals surface area contributed by atoms with Crippen LogP contribution in [0.2, 0.25) is 0 Å². The van der Waals surface area contributed by atoms with Crippen LogP contribution >= 0.6 is 0 Å². The molecule has 1 heterocycles. The number of allylic oxidation sites excluding steroid dienone is 2. The number of fused-ring (bicyclic) bond motifs is 3. The van der Waals surface area contributed by atoms with E-state index >= 15 is 0 Å². The summed E-state index contributed by atoms with van der Waals surface area (Å²) in [4.78, 5) is 0. The van der Waals surface area contributed by atoms with E-state index in [2.05, 4.69) is 18.3 Å². The molecule has 2 fully saturated rings. The van der Waals surface area contributed by atoms with E-state index in [1.165, 1.54) is 38.5 Å². The van der Waals surface area contributed by atoms with Gasteiger partial charge in [0.1, 0.15) is 0 Å². The number of hydrogen-bond donors (Lipinski definition) is 1. The Morgan fingerprint density at radius 3 is 3.15 bits per heavy atom. The summed E-state index contributed by atoms with van der Waals surface area (Å²) in [6, 6.07) is 0.824. The maximum Gasteiger partial charge on any atom is 0.0295 e. The van der Waals surface area contributed by atoms with Crippen molar-refractivity contribution in [3.63, 3.8) is 0 Å². The molecule has 0 aromatic rings. The van der Waals surface area contributed by atoms with Gasteiger partial charge in [-0.3, -0.25) is 0 Å². The minimum atomic E-state index is 0.547. The fraction of sp³-hybridized carbons (Fsp3) is 0.833. The van der Waals surface area contributed by atoms with Crippen molar-refractivity contribution in [1.29, 1.82) is 0 Å².